The molecule has 0 saturated carbocycles. The molecule has 0 spiro atoms. The molecule has 3 heterocycles. The number of carbonyl (C=O) groups excluding carboxylic acids is 2. The number of aryl methyl sites for hydroxylation is 1. The van der Waals surface area contributed by atoms with Gasteiger partial charge >= 0.3 is 0 Å². The van der Waals surface area contributed by atoms with E-state index in [-0.39, 0.29) is 17.7 Å². The number of ketones is 1. The molecule has 1 aliphatic heterocycles. The number of thiazole rings is 1. The molecule has 5 rings (SSSR count). The molecule has 0 radical (unpaired) electrons. The first-order valence-electron chi connectivity index (χ1n) is 10.2. The van der Waals surface area contributed by atoms with E-state index >= 15 is 0 Å². The van der Waals surface area contributed by atoms with E-state index in [0.29, 0.717) is 23.7 Å². The molecular formula is C25H21N3O2S. The van der Waals surface area contributed by atoms with E-state index in [9.17, 15) is 9.59 Å². The topological polar surface area (TPSA) is 64.0 Å². The molecule has 1 aliphatic rings. The molecular weight excluding hydrogens is 406 g/mol. The summed E-state index contributed by atoms with van der Waals surface area (Å²) in [7, 11) is 0. The number of nitrogens with one attached hydrogen (secondary N) is 1. The Morgan fingerprint density at radius 3 is 2.45 bits per heavy atom. The molecule has 31 heavy (non-hydrogen) atoms. The molecule has 154 valence electrons. The fourth-order valence-corrected chi connectivity index (χ4v) is 4.75. The minimum Gasteiger partial charge on any atom is -0.333 e. The molecule has 1 unspecified atom stereocenters. The van der Waals surface area contributed by atoms with Crippen LogP contribution in [0.25, 0.3) is 21.6 Å². The molecule has 5 nitrogen and oxygen atoms in total. The lowest BCUT2D eigenvalue weighted by molar-refractivity contribution is -0.119. The lowest BCUT2D eigenvalue weighted by atomic mass is 10.0. The Kier molecular flexibility index (Phi) is 5.00. The lowest BCUT2D eigenvalue weighted by Crippen LogP contribution is -2.31. The molecule has 0 fully saturated rings. The second-order valence-corrected chi connectivity index (χ2v) is 8.77. The van der Waals surface area contributed by atoms with Gasteiger partial charge in [-0.2, -0.15) is 0 Å². The number of anilines is 1. The first-order chi connectivity index (χ1) is 15.1. The second-order valence-electron chi connectivity index (χ2n) is 7.74. The predicted molar refractivity (Wildman–Crippen MR) is 123 cm³/mol. The summed E-state index contributed by atoms with van der Waals surface area (Å²) in [4.78, 5) is 30.2. The van der Waals surface area contributed by atoms with Gasteiger partial charge in [0.1, 0.15) is 6.04 Å². The number of aromatic nitrogens is 2. The van der Waals surface area contributed by atoms with Crippen molar-refractivity contribution < 1.29 is 9.59 Å². The van der Waals surface area contributed by atoms with Crippen molar-refractivity contribution in [3.8, 4) is 21.6 Å². The standard InChI is InChI=1S/C25H21N3O2S/c1-16-4-6-17(7-5-16)18-8-10-19(11-9-18)23-15-26-25(31-23)27-24(30)21-12-13-22(29)20-3-2-14-28(20)21/h2-11,14-15,21H,12-13H2,1H3,(H,26,27,30). The number of carbonyl (C=O) groups is 2. The van der Waals surface area contributed by atoms with Crippen molar-refractivity contribution in [2.75, 3.05) is 5.32 Å². The Balaban J connectivity index is 1.30. The highest BCUT2D eigenvalue weighted by Crippen LogP contribution is 2.32. The monoisotopic (exact) mass is 427 g/mol. The normalized spacial score (nSPS) is 15.5. The van der Waals surface area contributed by atoms with Crippen LogP contribution in [0.5, 0.6) is 0 Å². The largest absolute Gasteiger partial charge is 0.333 e. The van der Waals surface area contributed by atoms with Crippen LogP contribution in [0.2, 0.25) is 0 Å². The zero-order valence-electron chi connectivity index (χ0n) is 17.0. The first kappa shape index (κ1) is 19.5. The third-order valence-corrected chi connectivity index (χ3v) is 6.60. The van der Waals surface area contributed by atoms with Crippen molar-refractivity contribution in [1.82, 2.24) is 9.55 Å². The minimum atomic E-state index is -0.385. The van der Waals surface area contributed by atoms with Gasteiger partial charge in [0.25, 0.3) is 0 Å². The molecule has 6 heteroatoms. The molecule has 0 saturated heterocycles. The summed E-state index contributed by atoms with van der Waals surface area (Å²) in [6.45, 7) is 2.08. The van der Waals surface area contributed by atoms with Crippen LogP contribution in [0.1, 0.15) is 34.9 Å². The van der Waals surface area contributed by atoms with E-state index in [1.165, 1.54) is 22.5 Å². The number of hydrogen-bond donors (Lipinski definition) is 1. The number of benzene rings is 2. The highest BCUT2D eigenvalue weighted by atomic mass is 32.1. The van der Waals surface area contributed by atoms with Crippen LogP contribution in [-0.2, 0) is 4.79 Å². The smallest absolute Gasteiger partial charge is 0.249 e. The second kappa shape index (κ2) is 7.96. The summed E-state index contributed by atoms with van der Waals surface area (Å²) < 4.78 is 1.76. The van der Waals surface area contributed by atoms with Gasteiger partial charge in [-0.15, -0.1) is 0 Å². The average Bonchev–Trinajstić information content (AvgIpc) is 3.45. The zero-order valence-corrected chi connectivity index (χ0v) is 17.9. The van der Waals surface area contributed by atoms with E-state index in [2.05, 4.69) is 65.8 Å². The molecule has 4 aromatic rings. The average molecular weight is 428 g/mol. The van der Waals surface area contributed by atoms with E-state index in [4.69, 9.17) is 0 Å². The number of Topliss-reactive ketones (excluding diaryl/α,β-unsaturated/α-hetero) is 1. The Bertz CT molecular complexity index is 1250. The first-order valence-corrected chi connectivity index (χ1v) is 11.0. The maximum atomic E-state index is 12.8. The van der Waals surface area contributed by atoms with Gasteiger partial charge in [0.15, 0.2) is 10.9 Å². The van der Waals surface area contributed by atoms with E-state index in [1.807, 2.05) is 0 Å². The Labute approximate surface area is 184 Å². The minimum absolute atomic E-state index is 0.0830. The fraction of sp³-hybridized carbons (Fsp3) is 0.160. The summed E-state index contributed by atoms with van der Waals surface area (Å²) in [5.74, 6) is -0.0553. The van der Waals surface area contributed by atoms with E-state index in [0.717, 1.165) is 16.0 Å². The molecule has 0 bridgehead atoms. The summed E-state index contributed by atoms with van der Waals surface area (Å²) in [5.41, 5.74) is 5.25. The third-order valence-electron chi connectivity index (χ3n) is 5.64. The van der Waals surface area contributed by atoms with Crippen LogP contribution in [0.4, 0.5) is 5.13 Å². The maximum Gasteiger partial charge on any atom is 0.249 e. The third kappa shape index (κ3) is 3.82. The molecule has 2 aromatic carbocycles. The van der Waals surface area contributed by atoms with E-state index in [1.54, 1.807) is 29.1 Å². The van der Waals surface area contributed by atoms with Crippen LogP contribution in [0, 0.1) is 6.92 Å². The number of hydrogen-bond acceptors (Lipinski definition) is 4. The summed E-state index contributed by atoms with van der Waals surface area (Å²) in [5, 5.41) is 3.49. The van der Waals surface area contributed by atoms with Gasteiger partial charge < -0.3 is 9.88 Å². The Morgan fingerprint density at radius 1 is 1.03 bits per heavy atom. The molecule has 1 N–H and O–H groups in total. The molecule has 1 atom stereocenters. The quantitative estimate of drug-likeness (QED) is 0.451. The van der Waals surface area contributed by atoms with Crippen molar-refractivity contribution in [3.05, 3.63) is 84.3 Å². The van der Waals surface area contributed by atoms with Crippen molar-refractivity contribution in [3.63, 3.8) is 0 Å². The molecule has 2 aromatic heterocycles. The SMILES string of the molecule is Cc1ccc(-c2ccc(-c3cnc(NC(=O)C4CCC(=O)c5cccn54)s3)cc2)cc1. The van der Waals surface area contributed by atoms with Gasteiger partial charge in [-0.1, -0.05) is 65.4 Å². The molecule has 1 amide bonds. The van der Waals surface area contributed by atoms with Crippen LogP contribution >= 0.6 is 11.3 Å². The predicted octanol–water partition coefficient (Wildman–Crippen LogP) is 5.74. The molecule has 0 aliphatic carbocycles. The van der Waals surface area contributed by atoms with Crippen molar-refractivity contribution in [2.24, 2.45) is 0 Å². The van der Waals surface area contributed by atoms with Gasteiger partial charge in [0.2, 0.25) is 5.91 Å². The van der Waals surface area contributed by atoms with Crippen molar-refractivity contribution in [1.29, 1.82) is 0 Å². The van der Waals surface area contributed by atoms with Crippen LogP contribution in [-0.4, -0.2) is 21.2 Å². The Morgan fingerprint density at radius 2 is 1.71 bits per heavy atom. The zero-order chi connectivity index (χ0) is 21.4. The summed E-state index contributed by atoms with van der Waals surface area (Å²) >= 11 is 1.45. The number of amides is 1. The van der Waals surface area contributed by atoms with Crippen molar-refractivity contribution >= 4 is 28.2 Å². The lowest BCUT2D eigenvalue weighted by Gasteiger charge is -2.24. The number of fused-ring (bicyclic) bond motifs is 1. The highest BCUT2D eigenvalue weighted by Gasteiger charge is 2.29. The van der Waals surface area contributed by atoms with Crippen LogP contribution < -0.4 is 5.32 Å². The van der Waals surface area contributed by atoms with Gasteiger partial charge in [-0.3, -0.25) is 9.59 Å². The summed E-state index contributed by atoms with van der Waals surface area (Å²) in [6, 6.07) is 20.0. The summed E-state index contributed by atoms with van der Waals surface area (Å²) in [6.07, 6.45) is 4.47. The van der Waals surface area contributed by atoms with Gasteiger partial charge in [0, 0.05) is 18.8 Å². The van der Waals surface area contributed by atoms with E-state index < -0.39 is 0 Å². The fourth-order valence-electron chi connectivity index (χ4n) is 3.92. The van der Waals surface area contributed by atoms with Crippen LogP contribution in [0.15, 0.2) is 73.1 Å². The van der Waals surface area contributed by atoms with Gasteiger partial charge in [-0.25, -0.2) is 4.98 Å². The van der Waals surface area contributed by atoms with Gasteiger partial charge in [-0.05, 0) is 42.2 Å². The highest BCUT2D eigenvalue weighted by molar-refractivity contribution is 7.19. The number of nitrogens with zero attached hydrogens (tertiary/aromatic N) is 2. The van der Waals surface area contributed by atoms with Gasteiger partial charge in [0.05, 0.1) is 10.6 Å². The van der Waals surface area contributed by atoms with Crippen molar-refractivity contribution in [2.45, 2.75) is 25.8 Å². The van der Waals surface area contributed by atoms with Crippen LogP contribution in [0.3, 0.4) is 0 Å². The maximum absolute atomic E-state index is 12.8. The number of rotatable bonds is 4. The Hall–Kier alpha value is -3.51.